The van der Waals surface area contributed by atoms with E-state index in [1.165, 1.54) is 0 Å². The molecule has 3 heteroatoms. The maximum Gasteiger partial charge on any atom is 0.128 e. The molecule has 1 heterocycles. The zero-order valence-corrected chi connectivity index (χ0v) is 8.12. The molecule has 2 rings (SSSR count). The zero-order valence-electron chi connectivity index (χ0n) is 8.12. The number of nitrogens with one attached hydrogen (secondary N) is 1. The molecule has 0 aliphatic rings. The number of aromatic nitrogens is 1. The Morgan fingerprint density at radius 3 is 2.93 bits per heavy atom. The van der Waals surface area contributed by atoms with Crippen molar-refractivity contribution in [3.05, 3.63) is 30.3 Å². The summed E-state index contributed by atoms with van der Waals surface area (Å²) in [4.78, 5) is 4.43. The topological polar surface area (TPSA) is 50.9 Å². The van der Waals surface area contributed by atoms with Gasteiger partial charge >= 0.3 is 0 Å². The Labute approximate surface area is 83.0 Å². The predicted octanol–water partition coefficient (Wildman–Crippen LogP) is 2.25. The van der Waals surface area contributed by atoms with Gasteiger partial charge in [-0.2, -0.15) is 0 Å². The van der Waals surface area contributed by atoms with Gasteiger partial charge in [-0.3, -0.25) is 0 Å². The highest BCUT2D eigenvalue weighted by molar-refractivity contribution is 5.91. The van der Waals surface area contributed by atoms with Crippen LogP contribution < -0.4 is 11.1 Å². The summed E-state index contributed by atoms with van der Waals surface area (Å²) in [5.41, 5.74) is 7.61. The molecule has 0 fully saturated rings. The molecule has 1 aromatic carbocycles. The number of fused-ring (bicyclic) bond motifs is 1. The van der Waals surface area contributed by atoms with Crippen LogP contribution in [0.3, 0.4) is 0 Å². The molecule has 0 bridgehead atoms. The summed E-state index contributed by atoms with van der Waals surface area (Å²) in [5.74, 6) is 0.837. The average Bonchev–Trinajstić information content (AvgIpc) is 2.18. The lowest BCUT2D eigenvalue weighted by molar-refractivity contribution is 1.18. The van der Waals surface area contributed by atoms with Crippen LogP contribution in [-0.2, 0) is 0 Å². The Morgan fingerprint density at radius 2 is 2.14 bits per heavy atom. The van der Waals surface area contributed by atoms with E-state index < -0.39 is 0 Å². The minimum Gasteiger partial charge on any atom is -0.398 e. The van der Waals surface area contributed by atoms with Crippen molar-refractivity contribution in [2.75, 3.05) is 17.6 Å². The molecular formula is C11H13N3. The van der Waals surface area contributed by atoms with E-state index in [9.17, 15) is 0 Å². The minimum absolute atomic E-state index is 0.770. The molecule has 3 N–H and O–H groups in total. The first-order valence-electron chi connectivity index (χ1n) is 4.70. The predicted molar refractivity (Wildman–Crippen MR) is 60.3 cm³/mol. The second-order valence-corrected chi connectivity index (χ2v) is 3.14. The van der Waals surface area contributed by atoms with Crippen LogP contribution >= 0.6 is 0 Å². The summed E-state index contributed by atoms with van der Waals surface area (Å²) < 4.78 is 0. The SMILES string of the molecule is CCNc1cc(N)c2ccccc2n1. The van der Waals surface area contributed by atoms with Crippen LogP contribution in [0.15, 0.2) is 30.3 Å². The van der Waals surface area contributed by atoms with Crippen molar-refractivity contribution < 1.29 is 0 Å². The van der Waals surface area contributed by atoms with Crippen molar-refractivity contribution in [2.45, 2.75) is 6.92 Å². The number of rotatable bonds is 2. The summed E-state index contributed by atoms with van der Waals surface area (Å²) in [6.07, 6.45) is 0. The van der Waals surface area contributed by atoms with Crippen molar-refractivity contribution in [1.29, 1.82) is 0 Å². The van der Waals surface area contributed by atoms with Crippen molar-refractivity contribution in [3.8, 4) is 0 Å². The van der Waals surface area contributed by atoms with Crippen LogP contribution in [0.25, 0.3) is 10.9 Å². The molecule has 0 amide bonds. The van der Waals surface area contributed by atoms with Gasteiger partial charge in [0.05, 0.1) is 5.52 Å². The summed E-state index contributed by atoms with van der Waals surface area (Å²) in [5, 5.41) is 4.16. The average molecular weight is 187 g/mol. The molecular weight excluding hydrogens is 174 g/mol. The third kappa shape index (κ3) is 1.48. The first kappa shape index (κ1) is 8.81. The van der Waals surface area contributed by atoms with E-state index in [2.05, 4.69) is 10.3 Å². The van der Waals surface area contributed by atoms with Gasteiger partial charge in [0.15, 0.2) is 0 Å². The van der Waals surface area contributed by atoms with Crippen molar-refractivity contribution in [2.24, 2.45) is 0 Å². The lowest BCUT2D eigenvalue weighted by Gasteiger charge is -2.06. The number of nitrogen functional groups attached to an aromatic ring is 1. The highest BCUT2D eigenvalue weighted by Crippen LogP contribution is 2.21. The van der Waals surface area contributed by atoms with Gasteiger partial charge in [0.2, 0.25) is 0 Å². The molecule has 0 unspecified atom stereocenters. The monoisotopic (exact) mass is 187 g/mol. The lowest BCUT2D eigenvalue weighted by Crippen LogP contribution is -2.00. The standard InChI is InChI=1S/C11H13N3/c1-2-13-11-7-9(12)8-5-3-4-6-10(8)14-11/h3-7H,2H2,1H3,(H3,12,13,14). The highest BCUT2D eigenvalue weighted by Gasteiger charge is 2.00. The molecule has 0 aliphatic heterocycles. The van der Waals surface area contributed by atoms with E-state index in [1.807, 2.05) is 37.3 Å². The molecule has 0 aliphatic carbocycles. The second-order valence-electron chi connectivity index (χ2n) is 3.14. The van der Waals surface area contributed by atoms with Crippen LogP contribution in [0.5, 0.6) is 0 Å². The van der Waals surface area contributed by atoms with E-state index in [1.54, 1.807) is 0 Å². The van der Waals surface area contributed by atoms with Gasteiger partial charge < -0.3 is 11.1 Å². The van der Waals surface area contributed by atoms with E-state index in [0.717, 1.165) is 29.0 Å². The number of hydrogen-bond acceptors (Lipinski definition) is 3. The summed E-state index contributed by atoms with van der Waals surface area (Å²) in [6.45, 7) is 2.89. The van der Waals surface area contributed by atoms with Gasteiger partial charge in [-0.25, -0.2) is 4.98 Å². The molecule has 2 aromatic rings. The zero-order chi connectivity index (χ0) is 9.97. The normalized spacial score (nSPS) is 10.4. The van der Waals surface area contributed by atoms with Crippen molar-refractivity contribution in [1.82, 2.24) is 4.98 Å². The Kier molecular flexibility index (Phi) is 2.23. The van der Waals surface area contributed by atoms with Crippen LogP contribution in [0, 0.1) is 0 Å². The fraction of sp³-hybridized carbons (Fsp3) is 0.182. The summed E-state index contributed by atoms with van der Waals surface area (Å²) >= 11 is 0. The van der Waals surface area contributed by atoms with Crippen molar-refractivity contribution in [3.63, 3.8) is 0 Å². The Bertz CT molecular complexity index is 451. The fourth-order valence-electron chi connectivity index (χ4n) is 1.47. The Morgan fingerprint density at radius 1 is 1.36 bits per heavy atom. The molecule has 72 valence electrons. The molecule has 14 heavy (non-hydrogen) atoms. The number of nitrogens with two attached hydrogens (primary N) is 1. The van der Waals surface area contributed by atoms with E-state index in [0.29, 0.717) is 0 Å². The number of benzene rings is 1. The third-order valence-electron chi connectivity index (χ3n) is 2.11. The largest absolute Gasteiger partial charge is 0.398 e. The van der Waals surface area contributed by atoms with Gasteiger partial charge in [-0.1, -0.05) is 18.2 Å². The van der Waals surface area contributed by atoms with Crippen LogP contribution in [0.1, 0.15) is 6.92 Å². The van der Waals surface area contributed by atoms with Gasteiger partial charge in [0.25, 0.3) is 0 Å². The first-order chi connectivity index (χ1) is 6.81. The second kappa shape index (κ2) is 3.54. The molecule has 1 aromatic heterocycles. The first-order valence-corrected chi connectivity index (χ1v) is 4.70. The molecule has 0 saturated carbocycles. The van der Waals surface area contributed by atoms with Crippen LogP contribution in [-0.4, -0.2) is 11.5 Å². The molecule has 0 saturated heterocycles. The minimum atomic E-state index is 0.770. The van der Waals surface area contributed by atoms with Gasteiger partial charge in [-0.05, 0) is 13.0 Å². The van der Waals surface area contributed by atoms with E-state index in [-0.39, 0.29) is 0 Å². The Hall–Kier alpha value is -1.77. The number of para-hydroxylation sites is 1. The number of anilines is 2. The number of pyridine rings is 1. The number of nitrogens with zero attached hydrogens (tertiary/aromatic N) is 1. The quantitative estimate of drug-likeness (QED) is 0.758. The fourth-order valence-corrected chi connectivity index (χ4v) is 1.47. The highest BCUT2D eigenvalue weighted by atomic mass is 15.0. The maximum absolute atomic E-state index is 5.91. The molecule has 3 nitrogen and oxygen atoms in total. The molecule has 0 radical (unpaired) electrons. The summed E-state index contributed by atoms with van der Waals surface area (Å²) in [6, 6.07) is 9.74. The molecule has 0 atom stereocenters. The van der Waals surface area contributed by atoms with E-state index in [4.69, 9.17) is 5.73 Å². The van der Waals surface area contributed by atoms with Gasteiger partial charge in [0, 0.05) is 23.7 Å². The lowest BCUT2D eigenvalue weighted by atomic mass is 10.2. The van der Waals surface area contributed by atoms with Crippen LogP contribution in [0.2, 0.25) is 0 Å². The third-order valence-corrected chi connectivity index (χ3v) is 2.11. The number of hydrogen-bond donors (Lipinski definition) is 2. The van der Waals surface area contributed by atoms with E-state index >= 15 is 0 Å². The summed E-state index contributed by atoms with van der Waals surface area (Å²) in [7, 11) is 0. The van der Waals surface area contributed by atoms with Crippen molar-refractivity contribution >= 4 is 22.4 Å². The smallest absolute Gasteiger partial charge is 0.128 e. The Balaban J connectivity index is 2.60. The van der Waals surface area contributed by atoms with Gasteiger partial charge in [0.1, 0.15) is 5.82 Å². The molecule has 0 spiro atoms. The maximum atomic E-state index is 5.91. The van der Waals surface area contributed by atoms with Gasteiger partial charge in [-0.15, -0.1) is 0 Å². The van der Waals surface area contributed by atoms with Crippen LogP contribution in [0.4, 0.5) is 11.5 Å².